The van der Waals surface area contributed by atoms with Crippen LogP contribution in [0.15, 0.2) is 33.6 Å². The minimum absolute atomic E-state index is 0.158. The lowest BCUT2D eigenvalue weighted by Gasteiger charge is -2.43. The lowest BCUT2D eigenvalue weighted by atomic mass is 9.74. The van der Waals surface area contributed by atoms with Crippen LogP contribution in [0.1, 0.15) is 26.7 Å². The molecule has 3 aliphatic heterocycles. The van der Waals surface area contributed by atoms with Crippen LogP contribution in [0, 0.1) is 11.8 Å². The fourth-order valence-electron chi connectivity index (χ4n) is 4.59. The number of allylic oxidation sites excluding steroid dienone is 1. The molecule has 0 spiro atoms. The number of methoxy groups -OCH3 is 1. The Labute approximate surface area is 149 Å². The molecule has 0 bridgehead atoms. The fourth-order valence-corrected chi connectivity index (χ4v) is 4.59. The maximum Gasteiger partial charge on any atom is 0.130 e. The molecular weight excluding hydrogens is 316 g/mol. The lowest BCUT2D eigenvalue weighted by Crippen LogP contribution is -2.57. The second-order valence-electron chi connectivity index (χ2n) is 7.49. The van der Waals surface area contributed by atoms with Crippen molar-refractivity contribution in [2.24, 2.45) is 21.9 Å². The van der Waals surface area contributed by atoms with E-state index in [-0.39, 0.29) is 23.9 Å². The Balaban J connectivity index is 1.70. The van der Waals surface area contributed by atoms with Gasteiger partial charge in [0.15, 0.2) is 0 Å². The quantitative estimate of drug-likeness (QED) is 0.850. The van der Waals surface area contributed by atoms with Gasteiger partial charge in [-0.1, -0.05) is 0 Å². The smallest absolute Gasteiger partial charge is 0.130 e. The first-order chi connectivity index (χ1) is 12.1. The molecule has 3 heterocycles. The van der Waals surface area contributed by atoms with Crippen LogP contribution in [0.2, 0.25) is 0 Å². The molecule has 1 fully saturated rings. The number of fused-ring (bicyclic) bond motifs is 2. The standard InChI is InChI=1S/C19H28N4O2/c1-11-9-14(24-4)10-15-17(11)21-19-16(12(2)22-23(19)3)18(15)20-13-5-7-25-8-6-13/h9-10,13,15-18,20H,5-8H2,1-4H3. The maximum absolute atomic E-state index is 5.56. The first kappa shape index (κ1) is 16.8. The van der Waals surface area contributed by atoms with Crippen LogP contribution in [-0.4, -0.2) is 62.1 Å². The Morgan fingerprint density at radius 2 is 2.04 bits per heavy atom. The van der Waals surface area contributed by atoms with Crippen molar-refractivity contribution in [1.82, 2.24) is 10.3 Å². The number of nitrogens with one attached hydrogen (secondary N) is 1. The second-order valence-corrected chi connectivity index (χ2v) is 7.49. The summed E-state index contributed by atoms with van der Waals surface area (Å²) in [6.07, 6.45) is 6.49. The Morgan fingerprint density at radius 3 is 2.76 bits per heavy atom. The largest absolute Gasteiger partial charge is 0.497 e. The highest BCUT2D eigenvalue weighted by Crippen LogP contribution is 2.39. The molecule has 6 nitrogen and oxygen atoms in total. The van der Waals surface area contributed by atoms with Crippen LogP contribution in [0.25, 0.3) is 0 Å². The zero-order valence-corrected chi connectivity index (χ0v) is 15.5. The van der Waals surface area contributed by atoms with Gasteiger partial charge < -0.3 is 14.8 Å². The SMILES string of the molecule is COC1=CC2C(N=C3C(C(C)=NN3C)C2NC2CCOCC2)C(C)=C1. The fraction of sp³-hybridized carbons (Fsp3) is 0.684. The summed E-state index contributed by atoms with van der Waals surface area (Å²) in [5.74, 6) is 2.55. The zero-order chi connectivity index (χ0) is 17.6. The molecule has 6 heteroatoms. The third-order valence-corrected chi connectivity index (χ3v) is 5.86. The molecule has 25 heavy (non-hydrogen) atoms. The summed E-state index contributed by atoms with van der Waals surface area (Å²) in [5, 5.41) is 10.6. The molecule has 0 aromatic rings. The van der Waals surface area contributed by atoms with Crippen LogP contribution < -0.4 is 5.32 Å². The Kier molecular flexibility index (Phi) is 4.41. The second kappa shape index (κ2) is 6.57. The van der Waals surface area contributed by atoms with E-state index >= 15 is 0 Å². The number of hydrazone groups is 1. The molecule has 1 aliphatic carbocycles. The van der Waals surface area contributed by atoms with Gasteiger partial charge in [0.2, 0.25) is 0 Å². The van der Waals surface area contributed by atoms with Crippen molar-refractivity contribution >= 4 is 11.5 Å². The topological polar surface area (TPSA) is 58.5 Å². The average molecular weight is 344 g/mol. The van der Waals surface area contributed by atoms with Crippen LogP contribution in [-0.2, 0) is 9.47 Å². The third kappa shape index (κ3) is 2.91. The van der Waals surface area contributed by atoms with Crippen LogP contribution >= 0.6 is 0 Å². The normalized spacial score (nSPS) is 35.3. The van der Waals surface area contributed by atoms with E-state index in [0.29, 0.717) is 6.04 Å². The highest BCUT2D eigenvalue weighted by atomic mass is 16.5. The molecule has 0 amide bonds. The van der Waals surface area contributed by atoms with Crippen molar-refractivity contribution < 1.29 is 9.47 Å². The number of amidine groups is 1. The molecule has 4 rings (SSSR count). The van der Waals surface area contributed by atoms with E-state index in [1.807, 2.05) is 12.1 Å². The molecule has 1 N–H and O–H groups in total. The first-order valence-corrected chi connectivity index (χ1v) is 9.23. The summed E-state index contributed by atoms with van der Waals surface area (Å²) in [4.78, 5) is 5.09. The Morgan fingerprint density at radius 1 is 1.28 bits per heavy atom. The monoisotopic (exact) mass is 344 g/mol. The minimum atomic E-state index is 0.158. The van der Waals surface area contributed by atoms with Crippen LogP contribution in [0.3, 0.4) is 0 Å². The van der Waals surface area contributed by atoms with Gasteiger partial charge in [-0.25, -0.2) is 0 Å². The number of aliphatic imine (C=N–C) groups is 1. The number of hydrogen-bond donors (Lipinski definition) is 1. The molecule has 136 valence electrons. The van der Waals surface area contributed by atoms with Crippen molar-refractivity contribution in [3.8, 4) is 0 Å². The summed E-state index contributed by atoms with van der Waals surface area (Å²) in [7, 11) is 3.75. The van der Waals surface area contributed by atoms with Crippen LogP contribution in [0.5, 0.6) is 0 Å². The number of hydrogen-bond acceptors (Lipinski definition) is 6. The lowest BCUT2D eigenvalue weighted by molar-refractivity contribution is 0.0714. The van der Waals surface area contributed by atoms with Crippen molar-refractivity contribution in [2.45, 2.75) is 44.8 Å². The predicted octanol–water partition coefficient (Wildman–Crippen LogP) is 1.95. The van der Waals surface area contributed by atoms with E-state index in [2.05, 4.69) is 36.4 Å². The van der Waals surface area contributed by atoms with Crippen LogP contribution in [0.4, 0.5) is 0 Å². The van der Waals surface area contributed by atoms with Gasteiger partial charge >= 0.3 is 0 Å². The van der Waals surface area contributed by atoms with Gasteiger partial charge in [-0.2, -0.15) is 5.10 Å². The molecule has 0 aromatic heterocycles. The van der Waals surface area contributed by atoms with Crippen molar-refractivity contribution in [1.29, 1.82) is 0 Å². The Hall–Kier alpha value is -1.66. The number of nitrogens with zero attached hydrogens (tertiary/aromatic N) is 3. The number of rotatable bonds is 3. The summed E-state index contributed by atoms with van der Waals surface area (Å²) in [6, 6.07) is 0.928. The van der Waals surface area contributed by atoms with E-state index in [1.165, 1.54) is 5.57 Å². The van der Waals surface area contributed by atoms with E-state index in [9.17, 15) is 0 Å². The highest BCUT2D eigenvalue weighted by Gasteiger charge is 2.47. The molecule has 1 saturated heterocycles. The molecule has 4 aliphatic rings. The minimum Gasteiger partial charge on any atom is -0.497 e. The van der Waals surface area contributed by atoms with Crippen molar-refractivity contribution in [2.75, 3.05) is 27.4 Å². The molecule has 0 saturated carbocycles. The van der Waals surface area contributed by atoms with Gasteiger partial charge in [0.25, 0.3) is 0 Å². The maximum atomic E-state index is 5.56. The molecule has 0 aromatic carbocycles. The molecular formula is C19H28N4O2. The molecule has 4 atom stereocenters. The number of ether oxygens (including phenoxy) is 2. The van der Waals surface area contributed by atoms with Gasteiger partial charge in [0.05, 0.1) is 19.1 Å². The van der Waals surface area contributed by atoms with E-state index in [0.717, 1.165) is 43.4 Å². The summed E-state index contributed by atoms with van der Waals surface area (Å²) in [6.45, 7) is 5.96. The van der Waals surface area contributed by atoms with Gasteiger partial charge in [-0.15, -0.1) is 0 Å². The van der Waals surface area contributed by atoms with E-state index < -0.39 is 0 Å². The van der Waals surface area contributed by atoms with E-state index in [1.54, 1.807) is 7.11 Å². The van der Waals surface area contributed by atoms with Crippen molar-refractivity contribution in [3.05, 3.63) is 23.5 Å². The van der Waals surface area contributed by atoms with Gasteiger partial charge in [-0.05, 0) is 44.4 Å². The third-order valence-electron chi connectivity index (χ3n) is 5.86. The average Bonchev–Trinajstić information content (AvgIpc) is 2.90. The van der Waals surface area contributed by atoms with E-state index in [4.69, 9.17) is 14.5 Å². The van der Waals surface area contributed by atoms with Gasteiger partial charge in [0, 0.05) is 44.0 Å². The van der Waals surface area contributed by atoms with Crippen molar-refractivity contribution in [3.63, 3.8) is 0 Å². The van der Waals surface area contributed by atoms with Gasteiger partial charge in [0.1, 0.15) is 11.6 Å². The van der Waals surface area contributed by atoms with Gasteiger partial charge in [-0.3, -0.25) is 10.0 Å². The summed E-state index contributed by atoms with van der Waals surface area (Å²) in [5.41, 5.74) is 2.40. The molecule has 0 radical (unpaired) electrons. The predicted molar refractivity (Wildman–Crippen MR) is 98.7 cm³/mol. The summed E-state index contributed by atoms with van der Waals surface area (Å²) >= 11 is 0. The Bertz CT molecular complexity index is 660. The first-order valence-electron chi connectivity index (χ1n) is 9.23. The summed E-state index contributed by atoms with van der Waals surface area (Å²) < 4.78 is 11.1. The zero-order valence-electron chi connectivity index (χ0n) is 15.5. The highest BCUT2D eigenvalue weighted by molar-refractivity contribution is 6.10. The molecule has 4 unspecified atom stereocenters.